The van der Waals surface area contributed by atoms with Gasteiger partial charge in [-0.3, -0.25) is 4.98 Å². The van der Waals surface area contributed by atoms with Crippen LogP contribution in [0.25, 0.3) is 10.9 Å². The molecule has 1 aliphatic rings. The molecule has 0 bridgehead atoms. The van der Waals surface area contributed by atoms with Crippen molar-refractivity contribution in [1.82, 2.24) is 10.3 Å². The van der Waals surface area contributed by atoms with Crippen LogP contribution in [-0.4, -0.2) is 30.8 Å². The van der Waals surface area contributed by atoms with Crippen LogP contribution in [0, 0.1) is 5.82 Å². The largest absolute Gasteiger partial charge is 0.490 e. The van der Waals surface area contributed by atoms with Gasteiger partial charge in [-0.2, -0.15) is 0 Å². The van der Waals surface area contributed by atoms with Crippen LogP contribution in [0.15, 0.2) is 66.9 Å². The fourth-order valence-electron chi connectivity index (χ4n) is 3.81. The fourth-order valence-corrected chi connectivity index (χ4v) is 3.81. The summed E-state index contributed by atoms with van der Waals surface area (Å²) < 4.78 is 36.6. The van der Waals surface area contributed by atoms with Gasteiger partial charge in [0.15, 0.2) is 11.5 Å². The summed E-state index contributed by atoms with van der Waals surface area (Å²) in [5.74, 6) is 2.47. The number of aromatic nitrogens is 1. The maximum absolute atomic E-state index is 13.0. The van der Waals surface area contributed by atoms with E-state index >= 15 is 0 Å². The third kappa shape index (κ3) is 5.10. The number of nitrogens with one attached hydrogen (secondary N) is 2. The SMILES string of the molecule is CCOc1cc2nccc(Oc3ccc(NC(=O)NCc4ccc(F)cc4)cc3)c2c2c1OCCO2. The van der Waals surface area contributed by atoms with E-state index in [9.17, 15) is 9.18 Å². The molecule has 0 spiro atoms. The summed E-state index contributed by atoms with van der Waals surface area (Å²) in [7, 11) is 0. The van der Waals surface area contributed by atoms with Gasteiger partial charge in [0.1, 0.15) is 30.5 Å². The Hall–Kier alpha value is -4.53. The molecule has 0 atom stereocenters. The van der Waals surface area contributed by atoms with Crippen LogP contribution in [0.5, 0.6) is 28.7 Å². The van der Waals surface area contributed by atoms with Gasteiger partial charge in [0.05, 0.1) is 17.5 Å². The van der Waals surface area contributed by atoms with E-state index in [2.05, 4.69) is 15.6 Å². The van der Waals surface area contributed by atoms with Gasteiger partial charge in [0, 0.05) is 24.5 Å². The van der Waals surface area contributed by atoms with E-state index in [0.29, 0.717) is 65.2 Å². The van der Waals surface area contributed by atoms with Crippen molar-refractivity contribution >= 4 is 22.6 Å². The number of nitrogens with zero attached hydrogens (tertiary/aromatic N) is 1. The van der Waals surface area contributed by atoms with Crippen molar-refractivity contribution in [3.63, 3.8) is 0 Å². The van der Waals surface area contributed by atoms with Gasteiger partial charge in [-0.1, -0.05) is 12.1 Å². The second-order valence-electron chi connectivity index (χ2n) is 7.93. The van der Waals surface area contributed by atoms with Crippen molar-refractivity contribution in [2.24, 2.45) is 0 Å². The van der Waals surface area contributed by atoms with Crippen LogP contribution in [0.1, 0.15) is 12.5 Å². The van der Waals surface area contributed by atoms with Gasteiger partial charge in [-0.15, -0.1) is 0 Å². The molecule has 184 valence electrons. The lowest BCUT2D eigenvalue weighted by Crippen LogP contribution is -2.28. The quantitative estimate of drug-likeness (QED) is 0.348. The van der Waals surface area contributed by atoms with E-state index < -0.39 is 0 Å². The summed E-state index contributed by atoms with van der Waals surface area (Å²) in [5, 5.41) is 6.19. The number of hydrogen-bond acceptors (Lipinski definition) is 6. The molecule has 4 aromatic rings. The third-order valence-corrected chi connectivity index (χ3v) is 5.45. The number of hydrogen-bond donors (Lipinski definition) is 2. The highest BCUT2D eigenvalue weighted by molar-refractivity contribution is 5.95. The topological polar surface area (TPSA) is 90.9 Å². The van der Waals surface area contributed by atoms with Crippen LogP contribution >= 0.6 is 0 Å². The molecule has 2 amide bonds. The summed E-state index contributed by atoms with van der Waals surface area (Å²) in [4.78, 5) is 16.7. The van der Waals surface area contributed by atoms with E-state index in [4.69, 9.17) is 18.9 Å². The van der Waals surface area contributed by atoms with Crippen LogP contribution in [-0.2, 0) is 6.54 Å². The standard InChI is InChI=1S/C27H24FN3O5/c1-2-33-23-15-21-24(26-25(23)34-13-14-35-26)22(11-12-29-21)36-20-9-7-19(8-10-20)31-27(32)30-16-17-3-5-18(28)6-4-17/h3-12,15H,2,13-14,16H2,1H3,(H2,30,31,32). The van der Waals surface area contributed by atoms with Crippen molar-refractivity contribution in [1.29, 1.82) is 0 Å². The first kappa shape index (κ1) is 23.2. The molecule has 36 heavy (non-hydrogen) atoms. The highest BCUT2D eigenvalue weighted by atomic mass is 19.1. The van der Waals surface area contributed by atoms with Crippen LogP contribution in [0.3, 0.4) is 0 Å². The number of ether oxygens (including phenoxy) is 4. The molecule has 2 N–H and O–H groups in total. The number of amides is 2. The lowest BCUT2D eigenvalue weighted by Gasteiger charge is -2.23. The van der Waals surface area contributed by atoms with Crippen molar-refractivity contribution in [3.05, 3.63) is 78.2 Å². The maximum Gasteiger partial charge on any atom is 0.319 e. The van der Waals surface area contributed by atoms with Gasteiger partial charge < -0.3 is 29.6 Å². The summed E-state index contributed by atoms with van der Waals surface area (Å²) in [5.41, 5.74) is 2.05. The molecule has 5 rings (SSSR count). The predicted molar refractivity (Wildman–Crippen MR) is 133 cm³/mol. The van der Waals surface area contributed by atoms with E-state index in [1.165, 1.54) is 12.1 Å². The summed E-state index contributed by atoms with van der Waals surface area (Å²) in [6, 6.07) is 16.1. The maximum atomic E-state index is 13.0. The number of anilines is 1. The van der Waals surface area contributed by atoms with Crippen LogP contribution in [0.4, 0.5) is 14.9 Å². The molecule has 1 aromatic heterocycles. The number of rotatable bonds is 7. The number of pyridine rings is 1. The molecule has 0 fully saturated rings. The molecule has 8 nitrogen and oxygen atoms in total. The zero-order valence-electron chi connectivity index (χ0n) is 19.5. The van der Waals surface area contributed by atoms with E-state index in [1.807, 2.05) is 13.0 Å². The lowest BCUT2D eigenvalue weighted by molar-refractivity contribution is 0.165. The Balaban J connectivity index is 1.30. The molecule has 3 aromatic carbocycles. The minimum atomic E-state index is -0.373. The van der Waals surface area contributed by atoms with Crippen LogP contribution in [0.2, 0.25) is 0 Å². The minimum Gasteiger partial charge on any atom is -0.490 e. The van der Waals surface area contributed by atoms with E-state index in [1.54, 1.807) is 48.7 Å². The zero-order chi connectivity index (χ0) is 24.9. The second kappa shape index (κ2) is 10.4. The van der Waals surface area contributed by atoms with Crippen molar-refractivity contribution in [2.75, 3.05) is 25.1 Å². The summed E-state index contributed by atoms with van der Waals surface area (Å²) in [6.07, 6.45) is 1.66. The Bertz CT molecular complexity index is 1380. The second-order valence-corrected chi connectivity index (χ2v) is 7.93. The van der Waals surface area contributed by atoms with E-state index in [-0.39, 0.29) is 18.4 Å². The van der Waals surface area contributed by atoms with Gasteiger partial charge in [-0.25, -0.2) is 9.18 Å². The number of fused-ring (bicyclic) bond motifs is 3. The number of carbonyl (C=O) groups excluding carboxylic acids is 1. The van der Waals surface area contributed by atoms with Gasteiger partial charge in [-0.05, 0) is 55.0 Å². The Morgan fingerprint density at radius 1 is 1.00 bits per heavy atom. The van der Waals surface area contributed by atoms with E-state index in [0.717, 1.165) is 5.56 Å². The Morgan fingerprint density at radius 2 is 1.75 bits per heavy atom. The highest BCUT2D eigenvalue weighted by Gasteiger charge is 2.24. The van der Waals surface area contributed by atoms with Crippen molar-refractivity contribution < 1.29 is 28.1 Å². The van der Waals surface area contributed by atoms with Crippen molar-refractivity contribution in [3.8, 4) is 28.7 Å². The van der Waals surface area contributed by atoms with Crippen LogP contribution < -0.4 is 29.6 Å². The molecule has 9 heteroatoms. The first-order valence-corrected chi connectivity index (χ1v) is 11.5. The van der Waals surface area contributed by atoms with Gasteiger partial charge in [0.25, 0.3) is 0 Å². The predicted octanol–water partition coefficient (Wildman–Crippen LogP) is 5.66. The van der Waals surface area contributed by atoms with Crippen molar-refractivity contribution in [2.45, 2.75) is 13.5 Å². The highest BCUT2D eigenvalue weighted by Crippen LogP contribution is 2.48. The number of carbonyl (C=O) groups is 1. The van der Waals surface area contributed by atoms with Gasteiger partial charge >= 0.3 is 6.03 Å². The Morgan fingerprint density at radius 3 is 2.50 bits per heavy atom. The molecule has 0 radical (unpaired) electrons. The first-order chi connectivity index (χ1) is 17.6. The molecule has 0 saturated heterocycles. The number of benzene rings is 3. The molecule has 0 unspecified atom stereocenters. The first-order valence-electron chi connectivity index (χ1n) is 11.5. The Labute approximate surface area is 207 Å². The molecular weight excluding hydrogens is 465 g/mol. The van der Waals surface area contributed by atoms with Gasteiger partial charge in [0.2, 0.25) is 5.75 Å². The zero-order valence-corrected chi connectivity index (χ0v) is 19.5. The smallest absolute Gasteiger partial charge is 0.319 e. The summed E-state index contributed by atoms with van der Waals surface area (Å²) >= 11 is 0. The minimum absolute atomic E-state index is 0.281. The average Bonchev–Trinajstić information content (AvgIpc) is 2.90. The lowest BCUT2D eigenvalue weighted by atomic mass is 10.1. The third-order valence-electron chi connectivity index (χ3n) is 5.45. The molecule has 2 heterocycles. The molecule has 1 aliphatic heterocycles. The average molecular weight is 490 g/mol. The molecule has 0 saturated carbocycles. The number of urea groups is 1. The normalized spacial score (nSPS) is 12.2. The molecule has 0 aliphatic carbocycles. The number of halogens is 1. The summed E-state index contributed by atoms with van der Waals surface area (Å²) in [6.45, 7) is 3.52. The fraction of sp³-hybridized carbons (Fsp3) is 0.185. The Kier molecular flexibility index (Phi) is 6.70. The monoisotopic (exact) mass is 489 g/mol. The molecular formula is C27H24FN3O5.